The normalized spacial score (nSPS) is 11.5. The van der Waals surface area contributed by atoms with E-state index in [4.69, 9.17) is 4.74 Å². The van der Waals surface area contributed by atoms with Crippen LogP contribution in [0, 0.1) is 0 Å². The predicted octanol–water partition coefficient (Wildman–Crippen LogP) is 3.80. The van der Waals surface area contributed by atoms with Gasteiger partial charge in [0.1, 0.15) is 0 Å². The van der Waals surface area contributed by atoms with E-state index in [1.54, 1.807) is 18.9 Å². The number of benzene rings is 1. The van der Waals surface area contributed by atoms with Crippen LogP contribution < -0.4 is 0 Å². The molecule has 1 aromatic rings. The summed E-state index contributed by atoms with van der Waals surface area (Å²) in [6.07, 6.45) is 3.26. The molecule has 0 aliphatic rings. The quantitative estimate of drug-likeness (QED) is 0.569. The number of Topliss-reactive ketones (excluding diaryl/α,β-unsaturated/α-hetero) is 1. The fourth-order valence-electron chi connectivity index (χ4n) is 1.53. The Bertz CT molecular complexity index is 386. The van der Waals surface area contributed by atoms with Gasteiger partial charge in [0.25, 0.3) is 0 Å². The molecule has 0 amide bonds. The number of rotatable bonds is 6. The van der Waals surface area contributed by atoms with Crippen molar-refractivity contribution in [2.45, 2.75) is 37.2 Å². The highest BCUT2D eigenvalue weighted by Crippen LogP contribution is 2.23. The van der Waals surface area contributed by atoms with E-state index in [1.165, 1.54) is 0 Å². The summed E-state index contributed by atoms with van der Waals surface area (Å²) in [5, 5.41) is 0. The van der Waals surface area contributed by atoms with Gasteiger partial charge in [-0.1, -0.05) is 18.2 Å². The third kappa shape index (κ3) is 4.17. The SMILES string of the molecule is COC(C)(C)CCC(=O)c1ccccc1SC. The first kappa shape index (κ1) is 14.3. The van der Waals surface area contributed by atoms with Crippen LogP contribution in [0.5, 0.6) is 0 Å². The molecule has 0 heterocycles. The molecule has 1 rings (SSSR count). The van der Waals surface area contributed by atoms with Gasteiger partial charge in [-0.25, -0.2) is 0 Å². The predicted molar refractivity (Wildman–Crippen MR) is 72.9 cm³/mol. The Morgan fingerprint density at radius 1 is 1.35 bits per heavy atom. The van der Waals surface area contributed by atoms with Crippen molar-refractivity contribution in [3.8, 4) is 0 Å². The monoisotopic (exact) mass is 252 g/mol. The van der Waals surface area contributed by atoms with Gasteiger partial charge in [0, 0.05) is 24.0 Å². The molecular formula is C14H20O2S. The van der Waals surface area contributed by atoms with Crippen molar-refractivity contribution in [3.05, 3.63) is 29.8 Å². The first-order valence-corrected chi connectivity index (χ1v) is 6.94. The van der Waals surface area contributed by atoms with Crippen LogP contribution in [0.3, 0.4) is 0 Å². The van der Waals surface area contributed by atoms with Crippen LogP contribution in [0.2, 0.25) is 0 Å². The average molecular weight is 252 g/mol. The van der Waals surface area contributed by atoms with E-state index in [0.717, 1.165) is 16.9 Å². The van der Waals surface area contributed by atoms with Gasteiger partial charge in [-0.15, -0.1) is 11.8 Å². The topological polar surface area (TPSA) is 26.3 Å². The number of carbonyl (C=O) groups excluding carboxylic acids is 1. The molecule has 2 nitrogen and oxygen atoms in total. The van der Waals surface area contributed by atoms with Crippen molar-refractivity contribution >= 4 is 17.5 Å². The summed E-state index contributed by atoms with van der Waals surface area (Å²) in [6, 6.07) is 7.75. The van der Waals surface area contributed by atoms with Crippen LogP contribution in [0.4, 0.5) is 0 Å². The van der Waals surface area contributed by atoms with Crippen molar-refractivity contribution in [1.29, 1.82) is 0 Å². The van der Waals surface area contributed by atoms with Gasteiger partial charge in [-0.3, -0.25) is 4.79 Å². The molecule has 3 heteroatoms. The van der Waals surface area contributed by atoms with E-state index < -0.39 is 0 Å². The van der Waals surface area contributed by atoms with Crippen molar-refractivity contribution in [1.82, 2.24) is 0 Å². The molecule has 1 aromatic carbocycles. The molecule has 0 atom stereocenters. The lowest BCUT2D eigenvalue weighted by atomic mass is 9.98. The van der Waals surface area contributed by atoms with Gasteiger partial charge in [0.2, 0.25) is 0 Å². The van der Waals surface area contributed by atoms with E-state index in [0.29, 0.717) is 6.42 Å². The Morgan fingerprint density at radius 3 is 2.59 bits per heavy atom. The number of hydrogen-bond donors (Lipinski definition) is 0. The van der Waals surface area contributed by atoms with Crippen molar-refractivity contribution in [2.75, 3.05) is 13.4 Å². The highest BCUT2D eigenvalue weighted by atomic mass is 32.2. The summed E-state index contributed by atoms with van der Waals surface area (Å²) in [6.45, 7) is 4.00. The lowest BCUT2D eigenvalue weighted by molar-refractivity contribution is 0.0141. The molecule has 0 unspecified atom stereocenters. The van der Waals surface area contributed by atoms with Crippen molar-refractivity contribution in [2.24, 2.45) is 0 Å². The standard InChI is InChI=1S/C14H20O2S/c1-14(2,16-3)10-9-12(15)11-7-5-6-8-13(11)17-4/h5-8H,9-10H2,1-4H3. The highest BCUT2D eigenvalue weighted by Gasteiger charge is 2.19. The molecule has 0 aromatic heterocycles. The Labute approximate surface area is 108 Å². The van der Waals surface area contributed by atoms with E-state index in [1.807, 2.05) is 44.4 Å². The zero-order chi connectivity index (χ0) is 12.9. The van der Waals surface area contributed by atoms with Gasteiger partial charge in [0.15, 0.2) is 5.78 Å². The van der Waals surface area contributed by atoms with Gasteiger partial charge < -0.3 is 4.74 Å². The minimum atomic E-state index is -0.232. The second kappa shape index (κ2) is 6.22. The molecule has 0 spiro atoms. The maximum absolute atomic E-state index is 12.1. The minimum absolute atomic E-state index is 0.195. The highest BCUT2D eigenvalue weighted by molar-refractivity contribution is 7.98. The second-order valence-electron chi connectivity index (χ2n) is 4.59. The fraction of sp³-hybridized carbons (Fsp3) is 0.500. The first-order chi connectivity index (χ1) is 8.00. The van der Waals surface area contributed by atoms with Crippen LogP contribution in [0.1, 0.15) is 37.0 Å². The average Bonchev–Trinajstić information content (AvgIpc) is 2.36. The molecule has 17 heavy (non-hydrogen) atoms. The molecule has 0 aliphatic carbocycles. The molecule has 0 saturated heterocycles. The Kier molecular flexibility index (Phi) is 5.22. The second-order valence-corrected chi connectivity index (χ2v) is 5.44. The molecule has 0 saturated carbocycles. The number of thioether (sulfide) groups is 1. The van der Waals surface area contributed by atoms with Gasteiger partial charge >= 0.3 is 0 Å². The molecule has 0 N–H and O–H groups in total. The summed E-state index contributed by atoms with van der Waals surface area (Å²) in [5.74, 6) is 0.195. The number of ketones is 1. The summed E-state index contributed by atoms with van der Waals surface area (Å²) in [5.41, 5.74) is 0.594. The van der Waals surface area contributed by atoms with Crippen LogP contribution in [-0.2, 0) is 4.74 Å². The smallest absolute Gasteiger partial charge is 0.164 e. The van der Waals surface area contributed by atoms with Gasteiger partial charge in [-0.05, 0) is 32.6 Å². The van der Waals surface area contributed by atoms with Gasteiger partial charge in [0.05, 0.1) is 5.60 Å². The van der Waals surface area contributed by atoms with Crippen LogP contribution in [-0.4, -0.2) is 24.7 Å². The summed E-state index contributed by atoms with van der Waals surface area (Å²) in [4.78, 5) is 13.2. The maximum atomic E-state index is 12.1. The number of hydrogen-bond acceptors (Lipinski definition) is 3. The van der Waals surface area contributed by atoms with Gasteiger partial charge in [-0.2, -0.15) is 0 Å². The van der Waals surface area contributed by atoms with Crippen LogP contribution >= 0.6 is 11.8 Å². The van der Waals surface area contributed by atoms with Crippen molar-refractivity contribution < 1.29 is 9.53 Å². The molecule has 0 radical (unpaired) electrons. The zero-order valence-corrected chi connectivity index (χ0v) is 11.8. The van der Waals surface area contributed by atoms with E-state index >= 15 is 0 Å². The summed E-state index contributed by atoms with van der Waals surface area (Å²) < 4.78 is 5.32. The zero-order valence-electron chi connectivity index (χ0n) is 10.9. The third-order valence-corrected chi connectivity index (χ3v) is 3.71. The summed E-state index contributed by atoms with van der Waals surface area (Å²) in [7, 11) is 1.68. The molecule has 0 fully saturated rings. The lowest BCUT2D eigenvalue weighted by Gasteiger charge is -2.22. The molecule has 0 bridgehead atoms. The van der Waals surface area contributed by atoms with E-state index in [-0.39, 0.29) is 11.4 Å². The van der Waals surface area contributed by atoms with E-state index in [2.05, 4.69) is 0 Å². The Morgan fingerprint density at radius 2 is 2.00 bits per heavy atom. The summed E-state index contributed by atoms with van der Waals surface area (Å²) >= 11 is 1.61. The third-order valence-electron chi connectivity index (χ3n) is 2.91. The number of ether oxygens (including phenoxy) is 1. The van der Waals surface area contributed by atoms with Crippen molar-refractivity contribution in [3.63, 3.8) is 0 Å². The van der Waals surface area contributed by atoms with Crippen LogP contribution in [0.15, 0.2) is 29.2 Å². The molecule has 94 valence electrons. The van der Waals surface area contributed by atoms with Crippen LogP contribution in [0.25, 0.3) is 0 Å². The van der Waals surface area contributed by atoms with E-state index in [9.17, 15) is 4.79 Å². The Balaban J connectivity index is 2.70. The number of carbonyl (C=O) groups is 1. The fourth-order valence-corrected chi connectivity index (χ4v) is 2.14. The lowest BCUT2D eigenvalue weighted by Crippen LogP contribution is -2.23. The molecular weight excluding hydrogens is 232 g/mol. The largest absolute Gasteiger partial charge is 0.379 e. The minimum Gasteiger partial charge on any atom is -0.379 e. The molecule has 0 aliphatic heterocycles. The Hall–Kier alpha value is -0.800. The maximum Gasteiger partial charge on any atom is 0.164 e. The first-order valence-electron chi connectivity index (χ1n) is 5.71. The number of methoxy groups -OCH3 is 1.